The number of benzene rings is 2. The number of carbonyl (C=O) groups excluding carboxylic acids is 1. The highest BCUT2D eigenvalue weighted by Gasteiger charge is 2.14. The van der Waals surface area contributed by atoms with E-state index in [0.717, 1.165) is 10.0 Å². The van der Waals surface area contributed by atoms with Gasteiger partial charge < -0.3 is 0 Å². The Morgan fingerprint density at radius 2 is 1.96 bits per heavy atom. The van der Waals surface area contributed by atoms with Crippen LogP contribution in [-0.2, 0) is 0 Å². The van der Waals surface area contributed by atoms with E-state index in [1.165, 1.54) is 18.2 Å². The van der Waals surface area contributed by atoms with Gasteiger partial charge in [-0.3, -0.25) is 14.9 Å². The quantitative estimate of drug-likeness (QED) is 0.500. The van der Waals surface area contributed by atoms with Crippen molar-refractivity contribution in [2.24, 2.45) is 5.10 Å². The Balaban J connectivity index is 2.18. The average Bonchev–Trinajstić information content (AvgIpc) is 2.52. The lowest BCUT2D eigenvalue weighted by atomic mass is 10.1. The van der Waals surface area contributed by atoms with Crippen molar-refractivity contribution >= 4 is 33.2 Å². The SMILES string of the molecule is C/C(=N/NC(=O)c1ccc(C)c([N+](=O)[O-])c1)c1cccc(Br)c1. The minimum Gasteiger partial charge on any atom is -0.267 e. The molecule has 6 nitrogen and oxygen atoms in total. The van der Waals surface area contributed by atoms with Crippen LogP contribution in [0.15, 0.2) is 52.0 Å². The second-order valence-corrected chi connectivity index (χ2v) is 5.82. The summed E-state index contributed by atoms with van der Waals surface area (Å²) in [4.78, 5) is 22.5. The van der Waals surface area contributed by atoms with Crippen LogP contribution in [0.25, 0.3) is 0 Å². The summed E-state index contributed by atoms with van der Waals surface area (Å²) >= 11 is 3.37. The molecule has 23 heavy (non-hydrogen) atoms. The van der Waals surface area contributed by atoms with Crippen LogP contribution in [0.3, 0.4) is 0 Å². The minimum atomic E-state index is -0.512. The number of nitro groups is 1. The number of nitrogens with zero attached hydrogens (tertiary/aromatic N) is 2. The first-order valence-corrected chi connectivity index (χ1v) is 7.53. The standard InChI is InChI=1S/C16H14BrN3O3/c1-10-6-7-13(9-15(10)20(22)23)16(21)19-18-11(2)12-4-3-5-14(17)8-12/h3-9H,1-2H3,(H,19,21)/b18-11-. The van der Waals surface area contributed by atoms with Gasteiger partial charge in [0.15, 0.2) is 0 Å². The van der Waals surface area contributed by atoms with Gasteiger partial charge in [-0.25, -0.2) is 5.43 Å². The zero-order chi connectivity index (χ0) is 17.0. The van der Waals surface area contributed by atoms with E-state index in [4.69, 9.17) is 0 Å². The molecule has 0 spiro atoms. The van der Waals surface area contributed by atoms with E-state index in [1.54, 1.807) is 13.8 Å². The lowest BCUT2D eigenvalue weighted by Crippen LogP contribution is -2.19. The van der Waals surface area contributed by atoms with Gasteiger partial charge in [0, 0.05) is 21.7 Å². The molecular formula is C16H14BrN3O3. The molecule has 0 aromatic heterocycles. The maximum atomic E-state index is 12.1. The maximum Gasteiger partial charge on any atom is 0.273 e. The van der Waals surface area contributed by atoms with Crippen LogP contribution in [0.5, 0.6) is 0 Å². The van der Waals surface area contributed by atoms with Gasteiger partial charge in [-0.1, -0.05) is 34.1 Å². The lowest BCUT2D eigenvalue weighted by molar-refractivity contribution is -0.385. The van der Waals surface area contributed by atoms with E-state index in [-0.39, 0.29) is 11.3 Å². The molecule has 0 aliphatic rings. The summed E-state index contributed by atoms with van der Waals surface area (Å²) in [5.74, 6) is -0.498. The van der Waals surface area contributed by atoms with E-state index in [2.05, 4.69) is 26.5 Å². The maximum absolute atomic E-state index is 12.1. The second-order valence-electron chi connectivity index (χ2n) is 4.91. The Labute approximate surface area is 141 Å². The molecule has 118 valence electrons. The van der Waals surface area contributed by atoms with Gasteiger partial charge in [0.1, 0.15) is 0 Å². The highest BCUT2D eigenvalue weighted by Crippen LogP contribution is 2.19. The van der Waals surface area contributed by atoms with Gasteiger partial charge in [-0.2, -0.15) is 5.10 Å². The molecule has 0 aliphatic carbocycles. The van der Waals surface area contributed by atoms with E-state index < -0.39 is 10.8 Å². The van der Waals surface area contributed by atoms with Crippen LogP contribution >= 0.6 is 15.9 Å². The third-order valence-electron chi connectivity index (χ3n) is 3.24. The number of halogens is 1. The molecule has 2 aromatic carbocycles. The molecular weight excluding hydrogens is 362 g/mol. The van der Waals surface area contributed by atoms with Gasteiger partial charge in [0.25, 0.3) is 11.6 Å². The van der Waals surface area contributed by atoms with Crippen molar-refractivity contribution in [3.05, 3.63) is 73.7 Å². The fraction of sp³-hybridized carbons (Fsp3) is 0.125. The Kier molecular flexibility index (Phi) is 5.23. The third kappa shape index (κ3) is 4.23. The van der Waals surface area contributed by atoms with Crippen LogP contribution in [0.4, 0.5) is 5.69 Å². The van der Waals surface area contributed by atoms with Gasteiger partial charge >= 0.3 is 0 Å². The summed E-state index contributed by atoms with van der Waals surface area (Å²) in [5, 5.41) is 15.0. The number of amides is 1. The first-order valence-electron chi connectivity index (χ1n) is 6.74. The van der Waals surface area contributed by atoms with Crippen LogP contribution in [0.1, 0.15) is 28.4 Å². The van der Waals surface area contributed by atoms with Crippen LogP contribution < -0.4 is 5.43 Å². The highest BCUT2D eigenvalue weighted by molar-refractivity contribution is 9.10. The third-order valence-corrected chi connectivity index (χ3v) is 3.73. The Bertz CT molecular complexity index is 803. The molecule has 0 bridgehead atoms. The summed E-state index contributed by atoms with van der Waals surface area (Å²) in [6.45, 7) is 3.38. The number of rotatable bonds is 4. The van der Waals surface area contributed by atoms with Gasteiger partial charge in [0.05, 0.1) is 10.6 Å². The van der Waals surface area contributed by atoms with E-state index in [1.807, 2.05) is 24.3 Å². The molecule has 1 N–H and O–H groups in total. The van der Waals surface area contributed by atoms with Crippen LogP contribution in [0, 0.1) is 17.0 Å². The van der Waals surface area contributed by atoms with Crippen molar-refractivity contribution in [2.45, 2.75) is 13.8 Å². The highest BCUT2D eigenvalue weighted by atomic mass is 79.9. The van der Waals surface area contributed by atoms with Crippen LogP contribution in [0.2, 0.25) is 0 Å². The molecule has 0 aliphatic heterocycles. The summed E-state index contributed by atoms with van der Waals surface area (Å²) in [6.07, 6.45) is 0. The zero-order valence-electron chi connectivity index (χ0n) is 12.5. The number of nitrogens with one attached hydrogen (secondary N) is 1. The summed E-state index contributed by atoms with van der Waals surface area (Å²) in [7, 11) is 0. The normalized spacial score (nSPS) is 11.2. The molecule has 0 atom stereocenters. The van der Waals surface area contributed by atoms with E-state index in [0.29, 0.717) is 11.3 Å². The minimum absolute atomic E-state index is 0.0923. The topological polar surface area (TPSA) is 84.6 Å². The van der Waals surface area contributed by atoms with Crippen LogP contribution in [-0.4, -0.2) is 16.5 Å². The fourth-order valence-corrected chi connectivity index (χ4v) is 2.32. The van der Waals surface area contributed by atoms with Crippen molar-refractivity contribution in [1.82, 2.24) is 5.43 Å². The lowest BCUT2D eigenvalue weighted by Gasteiger charge is -2.04. The number of hydrazone groups is 1. The summed E-state index contributed by atoms with van der Waals surface area (Å²) in [5.41, 5.74) is 4.49. The number of nitro benzene ring substituents is 1. The molecule has 0 radical (unpaired) electrons. The number of hydrogen-bond acceptors (Lipinski definition) is 4. The first kappa shape index (κ1) is 16.8. The predicted molar refractivity (Wildman–Crippen MR) is 91.7 cm³/mol. The van der Waals surface area contributed by atoms with Gasteiger partial charge in [-0.15, -0.1) is 0 Å². The molecule has 2 aromatic rings. The van der Waals surface area contributed by atoms with Crippen molar-refractivity contribution in [3.8, 4) is 0 Å². The van der Waals surface area contributed by atoms with Crippen molar-refractivity contribution in [2.75, 3.05) is 0 Å². The van der Waals surface area contributed by atoms with Gasteiger partial charge in [-0.05, 0) is 37.6 Å². The zero-order valence-corrected chi connectivity index (χ0v) is 14.1. The molecule has 0 saturated heterocycles. The molecule has 1 amide bonds. The Hall–Kier alpha value is -2.54. The molecule has 0 unspecified atom stereocenters. The molecule has 0 fully saturated rings. The largest absolute Gasteiger partial charge is 0.273 e. The molecule has 0 heterocycles. The predicted octanol–water partition coefficient (Wildman–Crippen LogP) is 3.82. The second kappa shape index (κ2) is 7.15. The average molecular weight is 376 g/mol. The Morgan fingerprint density at radius 3 is 2.61 bits per heavy atom. The summed E-state index contributed by atoms with van der Waals surface area (Å²) in [6, 6.07) is 11.8. The van der Waals surface area contributed by atoms with E-state index in [9.17, 15) is 14.9 Å². The van der Waals surface area contributed by atoms with Crippen molar-refractivity contribution < 1.29 is 9.72 Å². The van der Waals surface area contributed by atoms with Crippen molar-refractivity contribution in [1.29, 1.82) is 0 Å². The smallest absolute Gasteiger partial charge is 0.267 e. The van der Waals surface area contributed by atoms with Gasteiger partial charge in [0.2, 0.25) is 0 Å². The monoisotopic (exact) mass is 375 g/mol. The number of hydrogen-bond donors (Lipinski definition) is 1. The Morgan fingerprint density at radius 1 is 1.22 bits per heavy atom. The molecule has 0 saturated carbocycles. The molecule has 7 heteroatoms. The summed E-state index contributed by atoms with van der Waals surface area (Å²) < 4.78 is 0.907. The first-order chi connectivity index (χ1) is 10.9. The fourth-order valence-electron chi connectivity index (χ4n) is 1.92. The van der Waals surface area contributed by atoms with Crippen molar-refractivity contribution in [3.63, 3.8) is 0 Å². The number of aryl methyl sites for hydroxylation is 1. The van der Waals surface area contributed by atoms with E-state index >= 15 is 0 Å². The number of carbonyl (C=O) groups is 1. The molecule has 2 rings (SSSR count).